The number of rotatable bonds is 47. The maximum Gasteiger partial charge on any atom is 0.268 e. The fourth-order valence-corrected chi connectivity index (χ4v) is 7.49. The van der Waals surface area contributed by atoms with E-state index in [0.29, 0.717) is 17.4 Å². The van der Waals surface area contributed by atoms with Crippen LogP contribution in [0.2, 0.25) is 0 Å². The van der Waals surface area contributed by atoms with Gasteiger partial charge in [0.15, 0.2) is 0 Å². The summed E-state index contributed by atoms with van der Waals surface area (Å²) in [5, 5.41) is 13.7. The number of unbranched alkanes of at least 4 members (excludes halogenated alkanes) is 12. The Kier molecular flexibility index (Phi) is 47.7. The van der Waals surface area contributed by atoms with E-state index in [1.54, 1.807) is 6.08 Å². The molecule has 0 aromatic carbocycles. The summed E-state index contributed by atoms with van der Waals surface area (Å²) in [6, 6.07) is -0.922. The highest BCUT2D eigenvalue weighted by atomic mass is 31.2. The second-order valence-corrected chi connectivity index (χ2v) is 20.2. The minimum Gasteiger partial charge on any atom is -0.756 e. The molecule has 0 saturated carbocycles. The molecule has 0 heterocycles. The van der Waals surface area contributed by atoms with E-state index < -0.39 is 26.6 Å². The Morgan fingerprint density at radius 3 is 1.31 bits per heavy atom. The van der Waals surface area contributed by atoms with Gasteiger partial charge in [-0.2, -0.15) is 0 Å². The van der Waals surface area contributed by atoms with E-state index >= 15 is 0 Å². The summed E-state index contributed by atoms with van der Waals surface area (Å²) in [6.07, 6.45) is 77.9. The summed E-state index contributed by atoms with van der Waals surface area (Å²) in [7, 11) is 1.20. The number of likely N-dealkylation sites (N-methyl/N-ethyl adjacent to an activating group) is 1. The van der Waals surface area contributed by atoms with Crippen molar-refractivity contribution in [2.75, 3.05) is 40.9 Å². The quantitative estimate of drug-likeness (QED) is 0.0272. The summed E-state index contributed by atoms with van der Waals surface area (Å²) in [4.78, 5) is 25.4. The van der Waals surface area contributed by atoms with Gasteiger partial charge in [-0.15, -0.1) is 0 Å². The van der Waals surface area contributed by atoms with Crippen LogP contribution in [0.4, 0.5) is 0 Å². The highest BCUT2D eigenvalue weighted by Crippen LogP contribution is 2.38. The minimum atomic E-state index is -4.61. The van der Waals surface area contributed by atoms with Crippen LogP contribution >= 0.6 is 7.82 Å². The van der Waals surface area contributed by atoms with Crippen LogP contribution in [-0.4, -0.2) is 68.5 Å². The normalized spacial score (nSPS) is 15.1. The third-order valence-corrected chi connectivity index (χ3v) is 12.0. The Morgan fingerprint density at radius 1 is 0.514 bits per heavy atom. The maximum absolute atomic E-state index is 12.9. The van der Waals surface area contributed by atoms with Gasteiger partial charge in [-0.25, -0.2) is 0 Å². The van der Waals surface area contributed by atoms with Crippen LogP contribution in [0.5, 0.6) is 0 Å². The van der Waals surface area contributed by atoms with Crippen molar-refractivity contribution in [1.82, 2.24) is 5.32 Å². The van der Waals surface area contributed by atoms with Crippen molar-refractivity contribution >= 4 is 13.7 Å². The Bertz CT molecular complexity index is 1640. The highest BCUT2D eigenvalue weighted by molar-refractivity contribution is 7.45. The van der Waals surface area contributed by atoms with Crippen molar-refractivity contribution in [2.45, 2.75) is 193 Å². The zero-order chi connectivity index (χ0) is 51.3. The molecule has 0 saturated heterocycles. The molecule has 3 atom stereocenters. The largest absolute Gasteiger partial charge is 0.756 e. The van der Waals surface area contributed by atoms with Gasteiger partial charge >= 0.3 is 0 Å². The molecule has 3 unspecified atom stereocenters. The Hall–Kier alpha value is -3.62. The molecule has 0 aromatic rings. The van der Waals surface area contributed by atoms with E-state index in [9.17, 15) is 19.4 Å². The van der Waals surface area contributed by atoms with Crippen LogP contribution in [0, 0.1) is 0 Å². The first-order chi connectivity index (χ1) is 34.0. The molecule has 0 radical (unpaired) electrons. The lowest BCUT2D eigenvalue weighted by molar-refractivity contribution is -0.870. The number of nitrogens with zero attached hydrogens (tertiary/aromatic N) is 1. The van der Waals surface area contributed by atoms with Gasteiger partial charge in [-0.3, -0.25) is 9.36 Å². The van der Waals surface area contributed by atoms with Gasteiger partial charge in [0.2, 0.25) is 5.91 Å². The topological polar surface area (TPSA) is 108 Å². The summed E-state index contributed by atoms with van der Waals surface area (Å²) < 4.78 is 23.2. The molecule has 8 nitrogen and oxygen atoms in total. The summed E-state index contributed by atoms with van der Waals surface area (Å²) in [6.45, 7) is 4.39. The molecule has 1 amide bonds. The fraction of sp³-hybridized carbons (Fsp3) is 0.590. The average molecular weight is 989 g/mol. The maximum atomic E-state index is 12.9. The molecule has 0 fully saturated rings. The molecule has 70 heavy (non-hydrogen) atoms. The summed E-state index contributed by atoms with van der Waals surface area (Å²) >= 11 is 0. The lowest BCUT2D eigenvalue weighted by atomic mass is 10.1. The molecule has 0 aliphatic carbocycles. The lowest BCUT2D eigenvalue weighted by Crippen LogP contribution is -2.45. The van der Waals surface area contributed by atoms with E-state index in [4.69, 9.17) is 9.05 Å². The summed E-state index contributed by atoms with van der Waals surface area (Å²) in [5.41, 5.74) is 0. The van der Waals surface area contributed by atoms with E-state index in [0.717, 1.165) is 128 Å². The van der Waals surface area contributed by atoms with Crippen LogP contribution in [0.15, 0.2) is 146 Å². The van der Waals surface area contributed by atoms with Gasteiger partial charge in [0.1, 0.15) is 13.2 Å². The molecule has 0 bridgehead atoms. The molecular weight excluding hydrogens is 888 g/mol. The number of hydrogen-bond acceptors (Lipinski definition) is 6. The van der Waals surface area contributed by atoms with Crippen molar-refractivity contribution < 1.29 is 32.9 Å². The van der Waals surface area contributed by atoms with Crippen molar-refractivity contribution in [3.05, 3.63) is 146 Å². The number of hydrogen-bond donors (Lipinski definition) is 2. The first kappa shape index (κ1) is 66.4. The predicted molar refractivity (Wildman–Crippen MR) is 301 cm³/mol. The number of carbonyl (C=O) groups excluding carboxylic acids is 1. The third-order valence-electron chi connectivity index (χ3n) is 11.0. The molecule has 9 heteroatoms. The number of aliphatic hydroxyl groups excluding tert-OH is 1. The number of carbonyl (C=O) groups is 1. The first-order valence-electron chi connectivity index (χ1n) is 27.2. The van der Waals surface area contributed by atoms with E-state index in [-0.39, 0.29) is 12.5 Å². The SMILES string of the molecule is CC/C=C\C/C=C\C/C=C\C/C=C\C/C=C\C/C=C\C/C=C\C/C=C\C/C=C\CCCCCCCCCCCC(=O)NC(COP(=O)([O-])OCC[N+](C)(C)C)C(O)/C=C/CC/C=C/CC/C=C/CCC. The standard InChI is InChI=1S/C61H101N2O6P/c1-6-8-10-12-14-16-18-19-20-21-22-23-24-25-26-27-28-29-30-31-32-33-34-35-36-37-38-39-40-41-42-43-45-47-49-51-53-55-61(65)62-59(58-69-70(66,67)68-57-56-63(3,4)5)60(64)54-52-50-48-46-44-17-15-13-11-9-7-2/h8,10-11,13-14,16,19-20,22-23,25-26,28-29,31-32,34-35,37-38,44,46,52,54,59-60,64H,6-7,9,12,15,17-18,21,24,27,30,33,36,39-43,45,47-51,53,55-58H2,1-5H3,(H-,62,65,66,67)/b10-8-,13-11+,16-14-,20-19-,23-22-,26-25-,29-28-,32-31-,35-34-,38-37-,46-44+,54-52+. The second kappa shape index (κ2) is 50.3. The molecule has 0 spiro atoms. The van der Waals surface area contributed by atoms with Crippen molar-refractivity contribution in [2.24, 2.45) is 0 Å². The van der Waals surface area contributed by atoms with Gasteiger partial charge in [0.05, 0.1) is 39.9 Å². The fourth-order valence-electron chi connectivity index (χ4n) is 6.77. The zero-order valence-corrected chi connectivity index (χ0v) is 45.8. The van der Waals surface area contributed by atoms with Crippen LogP contribution in [0.3, 0.4) is 0 Å². The van der Waals surface area contributed by atoms with Crippen LogP contribution < -0.4 is 10.2 Å². The Labute approximate surface area is 429 Å². The summed E-state index contributed by atoms with van der Waals surface area (Å²) in [5.74, 6) is -0.228. The number of allylic oxidation sites excluding steroid dienone is 23. The number of amides is 1. The zero-order valence-electron chi connectivity index (χ0n) is 44.9. The van der Waals surface area contributed by atoms with Gasteiger partial charge < -0.3 is 28.8 Å². The van der Waals surface area contributed by atoms with E-state index in [1.165, 1.54) is 32.1 Å². The van der Waals surface area contributed by atoms with Crippen molar-refractivity contribution in [3.63, 3.8) is 0 Å². The molecule has 2 N–H and O–H groups in total. The second-order valence-electron chi connectivity index (χ2n) is 18.8. The molecular formula is C61H101N2O6P. The lowest BCUT2D eigenvalue weighted by Gasteiger charge is -2.29. The molecule has 396 valence electrons. The van der Waals surface area contributed by atoms with Crippen molar-refractivity contribution in [1.29, 1.82) is 0 Å². The number of quaternary nitrogens is 1. The molecule has 0 aliphatic rings. The van der Waals surface area contributed by atoms with Gasteiger partial charge in [0.25, 0.3) is 7.82 Å². The monoisotopic (exact) mass is 989 g/mol. The van der Waals surface area contributed by atoms with Gasteiger partial charge in [-0.05, 0) is 109 Å². The molecule has 0 aromatic heterocycles. The van der Waals surface area contributed by atoms with Gasteiger partial charge in [-0.1, -0.05) is 211 Å². The number of aliphatic hydroxyl groups is 1. The molecule has 0 aliphatic heterocycles. The van der Waals surface area contributed by atoms with E-state index in [1.807, 2.05) is 27.2 Å². The number of nitrogens with one attached hydrogen (secondary N) is 1. The third kappa shape index (κ3) is 52.2. The minimum absolute atomic E-state index is 0.0181. The Morgan fingerprint density at radius 2 is 0.886 bits per heavy atom. The van der Waals surface area contributed by atoms with Crippen LogP contribution in [0.1, 0.15) is 181 Å². The highest BCUT2D eigenvalue weighted by Gasteiger charge is 2.23. The van der Waals surface area contributed by atoms with Crippen LogP contribution in [-0.2, 0) is 18.4 Å². The number of phosphoric acid groups is 1. The predicted octanol–water partition coefficient (Wildman–Crippen LogP) is 15.9. The van der Waals surface area contributed by atoms with Crippen LogP contribution in [0.25, 0.3) is 0 Å². The first-order valence-corrected chi connectivity index (χ1v) is 28.7. The smallest absolute Gasteiger partial charge is 0.268 e. The Balaban J connectivity index is 4.14. The van der Waals surface area contributed by atoms with Gasteiger partial charge in [0, 0.05) is 6.42 Å². The number of phosphoric ester groups is 1. The average Bonchev–Trinajstić information content (AvgIpc) is 3.32. The van der Waals surface area contributed by atoms with E-state index in [2.05, 4.69) is 153 Å². The molecule has 0 rings (SSSR count). The van der Waals surface area contributed by atoms with Crippen molar-refractivity contribution in [3.8, 4) is 0 Å².